The van der Waals surface area contributed by atoms with E-state index in [0.29, 0.717) is 0 Å². The van der Waals surface area contributed by atoms with Crippen LogP contribution in [0.4, 0.5) is 17.1 Å². The molecule has 3 heteroatoms. The molecule has 0 aliphatic carbocycles. The molecule has 0 amide bonds. The Morgan fingerprint density at radius 1 is 0.327 bits per heavy atom. The molecule has 55 heavy (non-hydrogen) atoms. The third-order valence-electron chi connectivity index (χ3n) is 11.0. The van der Waals surface area contributed by atoms with Crippen LogP contribution in [0.15, 0.2) is 229 Å². The molecule has 0 radical (unpaired) electrons. The minimum atomic E-state index is -2.68. The Balaban J connectivity index is 1.16. The van der Waals surface area contributed by atoms with Crippen LogP contribution in [0.5, 0.6) is 0 Å². The summed E-state index contributed by atoms with van der Waals surface area (Å²) in [5.41, 5.74) is 7.45. The molecule has 0 saturated heterocycles. The van der Waals surface area contributed by atoms with Gasteiger partial charge in [-0.15, -0.1) is 0 Å². The molecule has 0 fully saturated rings. The van der Waals surface area contributed by atoms with E-state index in [9.17, 15) is 0 Å². The maximum absolute atomic E-state index is 6.54. The van der Waals surface area contributed by atoms with Crippen LogP contribution in [0.2, 0.25) is 0 Å². The van der Waals surface area contributed by atoms with Gasteiger partial charge in [-0.25, -0.2) is 0 Å². The normalized spacial score (nSPS) is 11.6. The summed E-state index contributed by atoms with van der Waals surface area (Å²) >= 11 is 0. The van der Waals surface area contributed by atoms with Gasteiger partial charge in [0.2, 0.25) is 0 Å². The van der Waals surface area contributed by atoms with E-state index in [0.717, 1.165) is 49.8 Å². The smallest absolute Gasteiger partial charge is 0.179 e. The van der Waals surface area contributed by atoms with Crippen LogP contribution in [-0.4, -0.2) is 8.07 Å². The van der Waals surface area contributed by atoms with Crippen LogP contribution in [0.25, 0.3) is 43.8 Å². The number of furan rings is 1. The SMILES string of the molecule is c1ccc(-c2ccc(N(c3ccc([Si](c4ccccc4)(c4ccccc4)c4ccccc4)cc3)c3ccc4ccc5c6ccccc6oc5c4c3)cc2)cc1. The van der Waals surface area contributed by atoms with E-state index in [1.54, 1.807) is 0 Å². The van der Waals surface area contributed by atoms with Crippen LogP contribution in [0, 0.1) is 0 Å². The van der Waals surface area contributed by atoms with Crippen molar-refractivity contribution in [2.75, 3.05) is 4.90 Å². The van der Waals surface area contributed by atoms with Gasteiger partial charge < -0.3 is 9.32 Å². The van der Waals surface area contributed by atoms with Gasteiger partial charge in [-0.2, -0.15) is 0 Å². The summed E-state index contributed by atoms with van der Waals surface area (Å²) in [5.74, 6) is 0. The zero-order chi connectivity index (χ0) is 36.6. The molecule has 10 aromatic rings. The quantitative estimate of drug-likeness (QED) is 0.115. The summed E-state index contributed by atoms with van der Waals surface area (Å²) in [5, 5.41) is 9.92. The van der Waals surface area contributed by atoms with Crippen LogP contribution in [-0.2, 0) is 0 Å². The van der Waals surface area contributed by atoms with Gasteiger partial charge >= 0.3 is 0 Å². The van der Waals surface area contributed by atoms with Gasteiger partial charge in [0, 0.05) is 33.2 Å². The molecule has 2 nitrogen and oxygen atoms in total. The number of hydrogen-bond donors (Lipinski definition) is 0. The Kier molecular flexibility index (Phi) is 8.20. The van der Waals surface area contributed by atoms with Crippen molar-refractivity contribution in [3.8, 4) is 11.1 Å². The number of nitrogens with zero attached hydrogens (tertiary/aromatic N) is 1. The fourth-order valence-corrected chi connectivity index (χ4v) is 13.2. The minimum absolute atomic E-state index is 0.905. The molecule has 0 aliphatic heterocycles. The highest BCUT2D eigenvalue weighted by Crippen LogP contribution is 2.40. The third kappa shape index (κ3) is 5.65. The first kappa shape index (κ1) is 32.7. The molecular formula is C52H37NOSi. The number of fused-ring (bicyclic) bond motifs is 5. The fraction of sp³-hybridized carbons (Fsp3) is 0. The van der Waals surface area contributed by atoms with Gasteiger partial charge in [0.25, 0.3) is 0 Å². The Bertz CT molecular complexity index is 2790. The summed E-state index contributed by atoms with van der Waals surface area (Å²) in [6, 6.07) is 81.6. The van der Waals surface area contributed by atoms with Crippen LogP contribution in [0.3, 0.4) is 0 Å². The Morgan fingerprint density at radius 2 is 0.782 bits per heavy atom. The van der Waals surface area contributed by atoms with E-state index in [-0.39, 0.29) is 0 Å². The maximum atomic E-state index is 6.54. The zero-order valence-electron chi connectivity index (χ0n) is 30.2. The lowest BCUT2D eigenvalue weighted by Gasteiger charge is -2.35. The summed E-state index contributed by atoms with van der Waals surface area (Å²) in [6.45, 7) is 0. The van der Waals surface area contributed by atoms with Crippen molar-refractivity contribution in [3.05, 3.63) is 224 Å². The number of para-hydroxylation sites is 1. The van der Waals surface area contributed by atoms with Gasteiger partial charge in [-0.1, -0.05) is 176 Å². The highest BCUT2D eigenvalue weighted by atomic mass is 28.3. The second-order valence-electron chi connectivity index (χ2n) is 14.1. The van der Waals surface area contributed by atoms with Gasteiger partial charge in [0.05, 0.1) is 0 Å². The Labute approximate surface area is 322 Å². The molecule has 0 aliphatic rings. The molecule has 0 bridgehead atoms. The van der Waals surface area contributed by atoms with Gasteiger partial charge in [-0.05, 0) is 85.8 Å². The molecule has 1 heterocycles. The number of rotatable bonds is 8. The molecule has 260 valence electrons. The molecule has 0 spiro atoms. The first-order valence-electron chi connectivity index (χ1n) is 18.8. The van der Waals surface area contributed by atoms with Crippen molar-refractivity contribution in [1.82, 2.24) is 0 Å². The molecule has 0 unspecified atom stereocenters. The van der Waals surface area contributed by atoms with Crippen molar-refractivity contribution in [3.63, 3.8) is 0 Å². The van der Waals surface area contributed by atoms with Crippen LogP contribution in [0.1, 0.15) is 0 Å². The monoisotopic (exact) mass is 719 g/mol. The van der Waals surface area contributed by atoms with Crippen molar-refractivity contribution in [2.24, 2.45) is 0 Å². The topological polar surface area (TPSA) is 16.4 Å². The van der Waals surface area contributed by atoms with Gasteiger partial charge in [-0.3, -0.25) is 0 Å². The molecule has 0 saturated carbocycles. The lowest BCUT2D eigenvalue weighted by atomic mass is 10.0. The molecule has 0 atom stereocenters. The summed E-state index contributed by atoms with van der Waals surface area (Å²) < 4.78 is 6.54. The predicted octanol–water partition coefficient (Wildman–Crippen LogP) is 11.3. The van der Waals surface area contributed by atoms with E-state index in [2.05, 4.69) is 223 Å². The summed E-state index contributed by atoms with van der Waals surface area (Å²) in [4.78, 5) is 2.37. The van der Waals surface area contributed by atoms with E-state index >= 15 is 0 Å². The van der Waals surface area contributed by atoms with Crippen molar-refractivity contribution in [1.29, 1.82) is 0 Å². The van der Waals surface area contributed by atoms with Crippen molar-refractivity contribution < 1.29 is 4.42 Å². The summed E-state index contributed by atoms with van der Waals surface area (Å²) in [6.07, 6.45) is 0. The van der Waals surface area contributed by atoms with Gasteiger partial charge in [0.15, 0.2) is 8.07 Å². The number of anilines is 3. The van der Waals surface area contributed by atoms with Crippen molar-refractivity contribution in [2.45, 2.75) is 0 Å². The second-order valence-corrected chi connectivity index (χ2v) is 17.9. The Hall–Kier alpha value is -6.94. The number of benzene rings is 9. The predicted molar refractivity (Wildman–Crippen MR) is 235 cm³/mol. The van der Waals surface area contributed by atoms with Crippen molar-refractivity contribution >= 4 is 78.6 Å². The van der Waals surface area contributed by atoms with Gasteiger partial charge in [0.1, 0.15) is 11.2 Å². The number of hydrogen-bond acceptors (Lipinski definition) is 2. The maximum Gasteiger partial charge on any atom is 0.179 e. The van der Waals surface area contributed by atoms with E-state index < -0.39 is 8.07 Å². The van der Waals surface area contributed by atoms with Crippen LogP contribution >= 0.6 is 0 Å². The van der Waals surface area contributed by atoms with E-state index in [1.807, 2.05) is 6.07 Å². The average molecular weight is 720 g/mol. The molecule has 10 rings (SSSR count). The minimum Gasteiger partial charge on any atom is -0.455 e. The lowest BCUT2D eigenvalue weighted by molar-refractivity contribution is 0.672. The zero-order valence-corrected chi connectivity index (χ0v) is 31.2. The molecule has 0 N–H and O–H groups in total. The third-order valence-corrected chi connectivity index (χ3v) is 15.8. The molecule has 9 aromatic carbocycles. The molecule has 1 aromatic heterocycles. The first-order valence-corrected chi connectivity index (χ1v) is 20.8. The standard InChI is InChI=1S/C52H37NOSi/c1-5-15-38(16-6-1)39-25-29-41(30-26-39)53(43-31-27-40-28-36-49-48-23-13-14-24-51(48)54-52(49)50(40)37-43)42-32-34-47(35-33-42)55(44-17-7-2-8-18-44,45-19-9-3-10-20-45)46-21-11-4-12-22-46/h1-37H. The lowest BCUT2D eigenvalue weighted by Crippen LogP contribution is -2.74. The summed E-state index contributed by atoms with van der Waals surface area (Å²) in [7, 11) is -2.68. The fourth-order valence-electron chi connectivity index (χ4n) is 8.44. The molecular weight excluding hydrogens is 683 g/mol. The Morgan fingerprint density at radius 3 is 1.38 bits per heavy atom. The largest absolute Gasteiger partial charge is 0.455 e. The first-order chi connectivity index (χ1) is 27.3. The highest BCUT2D eigenvalue weighted by molar-refractivity contribution is 7.19. The van der Waals surface area contributed by atoms with E-state index in [4.69, 9.17) is 4.42 Å². The second kappa shape index (κ2) is 13.8. The van der Waals surface area contributed by atoms with E-state index in [1.165, 1.54) is 31.9 Å². The average Bonchev–Trinajstić information content (AvgIpc) is 3.66. The highest BCUT2D eigenvalue weighted by Gasteiger charge is 2.41. The van der Waals surface area contributed by atoms with Crippen LogP contribution < -0.4 is 25.6 Å².